The van der Waals surface area contributed by atoms with Gasteiger partial charge in [0, 0.05) is 14.2 Å². The molecule has 0 aromatic heterocycles. The van der Waals surface area contributed by atoms with Crippen molar-refractivity contribution in [2.24, 2.45) is 0 Å². The van der Waals surface area contributed by atoms with Crippen LogP contribution in [0.4, 0.5) is 0 Å². The zero-order valence-electron chi connectivity index (χ0n) is 7.44. The SMILES string of the molecule is C=CC(C)=COP(=O)(OC)OC. The Morgan fingerprint density at radius 3 is 2.25 bits per heavy atom. The summed E-state index contributed by atoms with van der Waals surface area (Å²) in [4.78, 5) is 0. The highest BCUT2D eigenvalue weighted by molar-refractivity contribution is 7.48. The van der Waals surface area contributed by atoms with Gasteiger partial charge in [0.1, 0.15) is 0 Å². The molecule has 0 unspecified atom stereocenters. The molecule has 0 amide bonds. The number of allylic oxidation sites excluding steroid dienone is 2. The van der Waals surface area contributed by atoms with Gasteiger partial charge in [-0.25, -0.2) is 4.57 Å². The first-order valence-corrected chi connectivity index (χ1v) is 4.73. The van der Waals surface area contributed by atoms with Crippen LogP contribution in [0.2, 0.25) is 0 Å². The molecule has 0 heterocycles. The summed E-state index contributed by atoms with van der Waals surface area (Å²) < 4.78 is 25.0. The minimum Gasteiger partial charge on any atom is -0.412 e. The molecule has 0 spiro atoms. The van der Waals surface area contributed by atoms with Crippen molar-refractivity contribution in [3.63, 3.8) is 0 Å². The van der Waals surface area contributed by atoms with Gasteiger partial charge >= 0.3 is 7.82 Å². The summed E-state index contributed by atoms with van der Waals surface area (Å²) in [5.74, 6) is 0. The fourth-order valence-corrected chi connectivity index (χ4v) is 0.973. The van der Waals surface area contributed by atoms with E-state index in [0.29, 0.717) is 0 Å². The second kappa shape index (κ2) is 5.14. The van der Waals surface area contributed by atoms with E-state index in [0.717, 1.165) is 5.57 Å². The van der Waals surface area contributed by atoms with Crippen LogP contribution in [-0.2, 0) is 18.1 Å². The van der Waals surface area contributed by atoms with E-state index in [9.17, 15) is 4.57 Å². The maximum Gasteiger partial charge on any atom is 0.528 e. The maximum absolute atomic E-state index is 11.2. The Kier molecular flexibility index (Phi) is 4.90. The summed E-state index contributed by atoms with van der Waals surface area (Å²) in [6.07, 6.45) is 2.84. The predicted octanol–water partition coefficient (Wildman–Crippen LogP) is 2.49. The fraction of sp³-hybridized carbons (Fsp3) is 0.429. The molecule has 0 aliphatic rings. The zero-order valence-corrected chi connectivity index (χ0v) is 8.34. The topological polar surface area (TPSA) is 44.8 Å². The van der Waals surface area contributed by atoms with Crippen LogP contribution >= 0.6 is 7.82 Å². The molecule has 0 bridgehead atoms. The van der Waals surface area contributed by atoms with Crippen LogP contribution in [-0.4, -0.2) is 14.2 Å². The minimum absolute atomic E-state index is 0.740. The monoisotopic (exact) mass is 192 g/mol. The van der Waals surface area contributed by atoms with E-state index in [1.807, 2.05) is 0 Å². The molecule has 0 fully saturated rings. The molecule has 70 valence electrons. The van der Waals surface area contributed by atoms with Gasteiger partial charge in [-0.15, -0.1) is 0 Å². The van der Waals surface area contributed by atoms with Crippen LogP contribution < -0.4 is 0 Å². The van der Waals surface area contributed by atoms with Crippen LogP contribution in [0.1, 0.15) is 6.92 Å². The molecule has 5 heteroatoms. The maximum atomic E-state index is 11.2. The summed E-state index contributed by atoms with van der Waals surface area (Å²) in [6, 6.07) is 0. The van der Waals surface area contributed by atoms with Gasteiger partial charge in [-0.2, -0.15) is 0 Å². The van der Waals surface area contributed by atoms with E-state index >= 15 is 0 Å². The van der Waals surface area contributed by atoms with Gasteiger partial charge in [0.25, 0.3) is 0 Å². The molecule has 0 aromatic rings. The van der Waals surface area contributed by atoms with Gasteiger partial charge in [-0.1, -0.05) is 12.7 Å². The molecule has 0 N–H and O–H groups in total. The van der Waals surface area contributed by atoms with Crippen LogP contribution in [0.15, 0.2) is 24.5 Å². The van der Waals surface area contributed by atoms with E-state index in [1.165, 1.54) is 20.5 Å². The number of rotatable bonds is 5. The van der Waals surface area contributed by atoms with Gasteiger partial charge in [-0.05, 0) is 12.5 Å². The Morgan fingerprint density at radius 2 is 1.92 bits per heavy atom. The van der Waals surface area contributed by atoms with Crippen LogP contribution in [0.25, 0.3) is 0 Å². The number of phosphoric ester groups is 1. The molecular formula is C7H13O4P. The smallest absolute Gasteiger partial charge is 0.412 e. The van der Waals surface area contributed by atoms with E-state index in [1.54, 1.807) is 13.0 Å². The van der Waals surface area contributed by atoms with Crippen molar-refractivity contribution < 1.29 is 18.1 Å². The lowest BCUT2D eigenvalue weighted by molar-refractivity contribution is 0.193. The lowest BCUT2D eigenvalue weighted by Gasteiger charge is -2.10. The normalized spacial score (nSPS) is 12.8. The zero-order chi connectivity index (χ0) is 9.61. The van der Waals surface area contributed by atoms with Crippen molar-refractivity contribution in [3.8, 4) is 0 Å². The summed E-state index contributed by atoms with van der Waals surface area (Å²) >= 11 is 0. The lowest BCUT2D eigenvalue weighted by Crippen LogP contribution is -1.89. The first kappa shape index (κ1) is 11.4. The average Bonchev–Trinajstić information content (AvgIpc) is 2.13. The third-order valence-electron chi connectivity index (χ3n) is 1.14. The Hall–Kier alpha value is -0.570. The highest BCUT2D eigenvalue weighted by atomic mass is 31.2. The van der Waals surface area contributed by atoms with Gasteiger partial charge in [0.2, 0.25) is 0 Å². The van der Waals surface area contributed by atoms with E-state index in [4.69, 9.17) is 4.52 Å². The Morgan fingerprint density at radius 1 is 1.42 bits per heavy atom. The molecule has 12 heavy (non-hydrogen) atoms. The van der Waals surface area contributed by atoms with E-state index in [2.05, 4.69) is 15.6 Å². The van der Waals surface area contributed by atoms with E-state index < -0.39 is 7.82 Å². The second-order valence-corrected chi connectivity index (χ2v) is 3.82. The first-order valence-electron chi connectivity index (χ1n) is 3.27. The second-order valence-electron chi connectivity index (χ2n) is 1.98. The largest absolute Gasteiger partial charge is 0.528 e. The third-order valence-corrected chi connectivity index (χ3v) is 2.39. The molecule has 0 rings (SSSR count). The molecule has 0 aromatic carbocycles. The molecule has 0 aliphatic carbocycles. The predicted molar refractivity (Wildman–Crippen MR) is 46.7 cm³/mol. The molecule has 0 radical (unpaired) electrons. The summed E-state index contributed by atoms with van der Waals surface area (Å²) in [7, 11) is -0.870. The number of phosphoric acid groups is 1. The van der Waals surface area contributed by atoms with Crippen molar-refractivity contribution in [1.82, 2.24) is 0 Å². The summed E-state index contributed by atoms with van der Waals surface area (Å²) in [6.45, 7) is 5.25. The van der Waals surface area contributed by atoms with Crippen LogP contribution in [0.3, 0.4) is 0 Å². The van der Waals surface area contributed by atoms with Gasteiger partial charge in [0.15, 0.2) is 0 Å². The number of hydrogen-bond donors (Lipinski definition) is 0. The third kappa shape index (κ3) is 3.72. The van der Waals surface area contributed by atoms with Gasteiger partial charge in [0.05, 0.1) is 6.26 Å². The van der Waals surface area contributed by atoms with Crippen molar-refractivity contribution in [2.75, 3.05) is 14.2 Å². The molecule has 0 atom stereocenters. The quantitative estimate of drug-likeness (QED) is 0.381. The molecular weight excluding hydrogens is 179 g/mol. The molecule has 0 saturated carbocycles. The lowest BCUT2D eigenvalue weighted by atomic mass is 10.3. The molecule has 4 nitrogen and oxygen atoms in total. The fourth-order valence-electron chi connectivity index (χ4n) is 0.356. The highest BCUT2D eigenvalue weighted by Gasteiger charge is 2.21. The molecule has 0 aliphatic heterocycles. The average molecular weight is 192 g/mol. The Labute approximate surface area is 72.4 Å². The Balaban J connectivity index is 4.23. The first-order chi connectivity index (χ1) is 5.58. The standard InChI is InChI=1S/C7H13O4P/c1-5-7(2)6-11-12(8,9-3)10-4/h5-6H,1H2,2-4H3. The van der Waals surface area contributed by atoms with E-state index in [-0.39, 0.29) is 0 Å². The Bertz CT molecular complexity index is 213. The van der Waals surface area contributed by atoms with Crippen LogP contribution in [0, 0.1) is 0 Å². The van der Waals surface area contributed by atoms with Crippen LogP contribution in [0.5, 0.6) is 0 Å². The highest BCUT2D eigenvalue weighted by Crippen LogP contribution is 2.47. The van der Waals surface area contributed by atoms with Gasteiger partial charge in [-0.3, -0.25) is 9.05 Å². The van der Waals surface area contributed by atoms with Crippen molar-refractivity contribution >= 4 is 7.82 Å². The van der Waals surface area contributed by atoms with Crippen molar-refractivity contribution in [1.29, 1.82) is 0 Å². The minimum atomic E-state index is -3.37. The summed E-state index contributed by atoms with van der Waals surface area (Å²) in [5.41, 5.74) is 0.740. The summed E-state index contributed by atoms with van der Waals surface area (Å²) in [5, 5.41) is 0. The number of hydrogen-bond acceptors (Lipinski definition) is 4. The molecule has 0 saturated heterocycles. The van der Waals surface area contributed by atoms with Crippen molar-refractivity contribution in [2.45, 2.75) is 6.92 Å². The van der Waals surface area contributed by atoms with Gasteiger partial charge < -0.3 is 4.52 Å². The van der Waals surface area contributed by atoms with Crippen molar-refractivity contribution in [3.05, 3.63) is 24.5 Å².